The smallest absolute Gasteiger partial charge is 0.209 e. The number of halogens is 2. The van der Waals surface area contributed by atoms with Gasteiger partial charge in [-0.25, -0.2) is 27.2 Å². The second-order valence-corrected chi connectivity index (χ2v) is 10.1. The Morgan fingerprint density at radius 1 is 1.09 bits per heavy atom. The van der Waals surface area contributed by atoms with E-state index in [9.17, 15) is 17.2 Å². The van der Waals surface area contributed by atoms with Crippen molar-refractivity contribution in [3.05, 3.63) is 71.2 Å². The fourth-order valence-electron chi connectivity index (χ4n) is 4.59. The summed E-state index contributed by atoms with van der Waals surface area (Å²) < 4.78 is 61.5. The molecule has 0 amide bonds. The van der Waals surface area contributed by atoms with E-state index in [2.05, 4.69) is 15.3 Å². The number of fused-ring (bicyclic) bond motifs is 3. The minimum Gasteiger partial charge on any atom is -0.493 e. The number of hydrogen-bond donors (Lipinski definition) is 1. The highest BCUT2D eigenvalue weighted by Crippen LogP contribution is 2.36. The SMILES string of the molecule is O=S1(=O)CCc2cc(F)ccc2-c2cnc(NCc3c(F)ccc4c3CCO4)n3cnc1c23. The molecule has 2 aliphatic heterocycles. The van der Waals surface area contributed by atoms with Crippen LogP contribution in [0.3, 0.4) is 0 Å². The highest BCUT2D eigenvalue weighted by atomic mass is 32.2. The van der Waals surface area contributed by atoms with E-state index >= 15 is 0 Å². The summed E-state index contributed by atoms with van der Waals surface area (Å²) >= 11 is 0. The largest absolute Gasteiger partial charge is 0.493 e. The van der Waals surface area contributed by atoms with Gasteiger partial charge in [0.05, 0.1) is 17.9 Å². The van der Waals surface area contributed by atoms with E-state index in [4.69, 9.17) is 4.74 Å². The molecule has 2 aromatic carbocycles. The monoisotopic (exact) mass is 468 g/mol. The van der Waals surface area contributed by atoms with Crippen molar-refractivity contribution >= 4 is 21.3 Å². The van der Waals surface area contributed by atoms with E-state index in [1.807, 2.05) is 0 Å². The molecule has 168 valence electrons. The van der Waals surface area contributed by atoms with Crippen LogP contribution in [0.4, 0.5) is 14.7 Å². The number of aromatic nitrogens is 3. The van der Waals surface area contributed by atoms with Crippen LogP contribution in [-0.4, -0.2) is 35.1 Å². The Morgan fingerprint density at radius 3 is 2.85 bits per heavy atom. The highest BCUT2D eigenvalue weighted by Gasteiger charge is 2.28. The molecule has 0 atom stereocenters. The topological polar surface area (TPSA) is 85.6 Å². The van der Waals surface area contributed by atoms with Crippen LogP contribution < -0.4 is 10.1 Å². The number of anilines is 1. The van der Waals surface area contributed by atoms with Crippen LogP contribution >= 0.6 is 0 Å². The van der Waals surface area contributed by atoms with Gasteiger partial charge in [0.25, 0.3) is 0 Å². The predicted molar refractivity (Wildman–Crippen MR) is 117 cm³/mol. The standard InChI is InChI=1S/C23H18F2N4O3S/c24-14-1-2-15-13(9-14)6-8-33(30,31)22-21-18(15)11-27-23(29(21)12-28-22)26-10-17-16-5-7-32-20(16)4-3-19(17)25/h1-4,9,11-12H,5-8,10H2,(H,26,27). The Labute approximate surface area is 188 Å². The number of ether oxygens (including phenoxy) is 1. The third kappa shape index (κ3) is 3.16. The second kappa shape index (κ2) is 7.24. The number of imidazole rings is 1. The summed E-state index contributed by atoms with van der Waals surface area (Å²) in [6, 6.07) is 7.33. The average Bonchev–Trinajstić information content (AvgIpc) is 3.45. The van der Waals surface area contributed by atoms with Crippen molar-refractivity contribution in [2.24, 2.45) is 0 Å². The minimum atomic E-state index is -3.71. The van der Waals surface area contributed by atoms with Gasteiger partial charge in [0.15, 0.2) is 14.9 Å². The fraction of sp³-hybridized carbons (Fsp3) is 0.217. The second-order valence-electron chi connectivity index (χ2n) is 8.09. The predicted octanol–water partition coefficient (Wildman–Crippen LogP) is 3.55. The van der Waals surface area contributed by atoms with Crippen LogP contribution in [0.15, 0.2) is 47.9 Å². The zero-order valence-corrected chi connectivity index (χ0v) is 18.1. The zero-order valence-electron chi connectivity index (χ0n) is 17.3. The molecule has 33 heavy (non-hydrogen) atoms. The number of sulfone groups is 1. The lowest BCUT2D eigenvalue weighted by Crippen LogP contribution is -2.15. The molecular weight excluding hydrogens is 450 g/mol. The van der Waals surface area contributed by atoms with Gasteiger partial charge in [0, 0.05) is 35.9 Å². The summed E-state index contributed by atoms with van der Waals surface area (Å²) in [5.74, 6) is 0.0386. The van der Waals surface area contributed by atoms with Gasteiger partial charge < -0.3 is 10.1 Å². The molecule has 0 radical (unpaired) electrons. The lowest BCUT2D eigenvalue weighted by atomic mass is 9.98. The molecule has 0 spiro atoms. The Hall–Kier alpha value is -3.53. The molecule has 1 N–H and O–H groups in total. The summed E-state index contributed by atoms with van der Waals surface area (Å²) in [6.07, 6.45) is 3.74. The quantitative estimate of drug-likeness (QED) is 0.495. The molecule has 6 rings (SSSR count). The van der Waals surface area contributed by atoms with Crippen LogP contribution in [0.1, 0.15) is 16.7 Å². The Bertz CT molecular complexity index is 1550. The number of hydrogen-bond acceptors (Lipinski definition) is 6. The van der Waals surface area contributed by atoms with Crippen molar-refractivity contribution in [3.63, 3.8) is 0 Å². The summed E-state index contributed by atoms with van der Waals surface area (Å²) in [7, 11) is -3.71. The van der Waals surface area contributed by atoms with Crippen LogP contribution in [0.5, 0.6) is 5.75 Å². The summed E-state index contributed by atoms with van der Waals surface area (Å²) in [4.78, 5) is 8.66. The lowest BCUT2D eigenvalue weighted by Gasteiger charge is -2.17. The first-order valence-corrected chi connectivity index (χ1v) is 12.1. The summed E-state index contributed by atoms with van der Waals surface area (Å²) in [6.45, 7) is 0.646. The number of rotatable bonds is 3. The van der Waals surface area contributed by atoms with Gasteiger partial charge in [0.2, 0.25) is 5.95 Å². The number of benzene rings is 2. The van der Waals surface area contributed by atoms with Gasteiger partial charge in [-0.2, -0.15) is 0 Å². The van der Waals surface area contributed by atoms with E-state index in [0.717, 1.165) is 5.56 Å². The first-order valence-electron chi connectivity index (χ1n) is 10.5. The highest BCUT2D eigenvalue weighted by molar-refractivity contribution is 7.91. The molecular formula is C23H18F2N4O3S. The van der Waals surface area contributed by atoms with Crippen molar-refractivity contribution in [2.45, 2.75) is 24.4 Å². The molecule has 0 saturated heterocycles. The first kappa shape index (κ1) is 20.1. The van der Waals surface area contributed by atoms with Gasteiger partial charge in [-0.15, -0.1) is 0 Å². The summed E-state index contributed by atoms with van der Waals surface area (Å²) in [5.41, 5.74) is 3.51. The Kier molecular flexibility index (Phi) is 4.41. The molecule has 7 nitrogen and oxygen atoms in total. The van der Waals surface area contributed by atoms with E-state index in [-0.39, 0.29) is 29.6 Å². The van der Waals surface area contributed by atoms with Gasteiger partial charge in [0.1, 0.15) is 23.7 Å². The van der Waals surface area contributed by atoms with E-state index in [1.165, 1.54) is 24.5 Å². The van der Waals surface area contributed by atoms with Crippen molar-refractivity contribution in [2.75, 3.05) is 17.7 Å². The summed E-state index contributed by atoms with van der Waals surface area (Å²) in [5, 5.41) is 3.08. The average molecular weight is 468 g/mol. The molecule has 0 bridgehead atoms. The Balaban J connectivity index is 1.48. The van der Waals surface area contributed by atoms with Gasteiger partial charge >= 0.3 is 0 Å². The molecule has 4 aromatic rings. The maximum Gasteiger partial charge on any atom is 0.209 e. The van der Waals surface area contributed by atoms with Crippen molar-refractivity contribution < 1.29 is 21.9 Å². The lowest BCUT2D eigenvalue weighted by molar-refractivity contribution is 0.356. The fourth-order valence-corrected chi connectivity index (χ4v) is 5.98. The third-order valence-electron chi connectivity index (χ3n) is 6.19. The first-order chi connectivity index (χ1) is 15.9. The van der Waals surface area contributed by atoms with Gasteiger partial charge in [-0.3, -0.25) is 4.40 Å². The molecule has 0 fully saturated rings. The number of aryl methyl sites for hydroxylation is 1. The molecule has 10 heteroatoms. The molecule has 0 unspecified atom stereocenters. The maximum absolute atomic E-state index is 14.5. The third-order valence-corrected chi connectivity index (χ3v) is 7.82. The van der Waals surface area contributed by atoms with Crippen molar-refractivity contribution in [1.29, 1.82) is 0 Å². The van der Waals surface area contributed by atoms with Crippen molar-refractivity contribution in [3.8, 4) is 16.9 Å². The zero-order chi connectivity index (χ0) is 22.7. The maximum atomic E-state index is 14.5. The Morgan fingerprint density at radius 2 is 1.97 bits per heavy atom. The van der Waals surface area contributed by atoms with Gasteiger partial charge in [-0.05, 0) is 41.8 Å². The number of nitrogens with zero attached hydrogens (tertiary/aromatic N) is 3. The number of nitrogens with one attached hydrogen (secondary N) is 1. The van der Waals surface area contributed by atoms with Crippen LogP contribution in [0, 0.1) is 11.6 Å². The van der Waals surface area contributed by atoms with Crippen LogP contribution in [0.2, 0.25) is 0 Å². The van der Waals surface area contributed by atoms with Crippen LogP contribution in [0.25, 0.3) is 16.6 Å². The molecule has 0 saturated carbocycles. The van der Waals surface area contributed by atoms with Crippen LogP contribution in [-0.2, 0) is 29.2 Å². The molecule has 0 aliphatic carbocycles. The van der Waals surface area contributed by atoms with E-state index in [1.54, 1.807) is 22.7 Å². The van der Waals surface area contributed by atoms with Gasteiger partial charge in [-0.1, -0.05) is 6.07 Å². The molecule has 2 aliphatic rings. The molecule has 2 aromatic heterocycles. The van der Waals surface area contributed by atoms with E-state index < -0.39 is 15.7 Å². The van der Waals surface area contributed by atoms with Crippen molar-refractivity contribution in [1.82, 2.24) is 14.4 Å². The van der Waals surface area contributed by atoms with E-state index in [0.29, 0.717) is 52.5 Å². The minimum absolute atomic E-state index is 0.0434. The normalized spacial score (nSPS) is 15.9. The molecule has 4 heterocycles.